The van der Waals surface area contributed by atoms with Crippen LogP contribution >= 0.6 is 0 Å². The lowest BCUT2D eigenvalue weighted by atomic mass is 9.88. The summed E-state index contributed by atoms with van der Waals surface area (Å²) in [6.45, 7) is 3.18. The summed E-state index contributed by atoms with van der Waals surface area (Å²) in [5.41, 5.74) is 3.00. The minimum absolute atomic E-state index is 0.609. The van der Waals surface area contributed by atoms with E-state index in [4.69, 9.17) is 4.74 Å². The number of allylic oxidation sites excluding steroid dienone is 5. The molecule has 1 heteroatoms. The van der Waals surface area contributed by atoms with Crippen molar-refractivity contribution in [2.24, 2.45) is 11.8 Å². The van der Waals surface area contributed by atoms with Gasteiger partial charge < -0.3 is 4.74 Å². The SMILES string of the molecule is CC1=CC2=CC=C3OCC(CC1)C23. The van der Waals surface area contributed by atoms with Crippen LogP contribution in [0.5, 0.6) is 0 Å². The van der Waals surface area contributed by atoms with Crippen LogP contribution in [0.1, 0.15) is 19.8 Å². The minimum atomic E-state index is 0.609. The average molecular weight is 174 g/mol. The van der Waals surface area contributed by atoms with Crippen LogP contribution in [0.25, 0.3) is 0 Å². The molecule has 1 aliphatic heterocycles. The molecule has 0 aromatic rings. The third-order valence-corrected chi connectivity index (χ3v) is 3.36. The predicted molar refractivity (Wildman–Crippen MR) is 52.1 cm³/mol. The molecule has 68 valence electrons. The van der Waals surface area contributed by atoms with Gasteiger partial charge in [-0.3, -0.25) is 0 Å². The maximum Gasteiger partial charge on any atom is 0.104 e. The molecule has 0 aromatic carbocycles. The highest BCUT2D eigenvalue weighted by Crippen LogP contribution is 2.45. The molecule has 2 unspecified atom stereocenters. The van der Waals surface area contributed by atoms with Gasteiger partial charge in [0, 0.05) is 11.8 Å². The molecule has 1 heterocycles. The van der Waals surface area contributed by atoms with E-state index in [0.29, 0.717) is 5.92 Å². The summed E-state index contributed by atoms with van der Waals surface area (Å²) in [6.07, 6.45) is 9.26. The molecular weight excluding hydrogens is 160 g/mol. The van der Waals surface area contributed by atoms with Crippen LogP contribution in [-0.2, 0) is 4.74 Å². The number of hydrogen-bond acceptors (Lipinski definition) is 1. The van der Waals surface area contributed by atoms with Gasteiger partial charge in [0.25, 0.3) is 0 Å². The van der Waals surface area contributed by atoms with Crippen molar-refractivity contribution in [2.45, 2.75) is 19.8 Å². The molecule has 0 amide bonds. The highest BCUT2D eigenvalue weighted by atomic mass is 16.5. The van der Waals surface area contributed by atoms with Crippen molar-refractivity contribution < 1.29 is 4.74 Å². The van der Waals surface area contributed by atoms with Crippen molar-refractivity contribution in [3.63, 3.8) is 0 Å². The van der Waals surface area contributed by atoms with E-state index in [2.05, 4.69) is 25.2 Å². The second-order valence-electron chi connectivity index (χ2n) is 4.31. The molecule has 2 atom stereocenters. The standard InChI is InChI=1S/C12H14O/c1-8-2-3-10-7-13-11-5-4-9(6-8)12(10)11/h4-6,10,12H,2-3,7H2,1H3. The summed E-state index contributed by atoms with van der Waals surface area (Å²) in [5.74, 6) is 2.57. The molecular formula is C12H14O. The summed E-state index contributed by atoms with van der Waals surface area (Å²) in [5, 5.41) is 0. The molecule has 0 aromatic heterocycles. The third kappa shape index (κ3) is 0.995. The largest absolute Gasteiger partial charge is 0.497 e. The zero-order valence-electron chi connectivity index (χ0n) is 7.92. The van der Waals surface area contributed by atoms with Crippen LogP contribution in [0.15, 0.2) is 35.1 Å². The van der Waals surface area contributed by atoms with Crippen molar-refractivity contribution in [2.75, 3.05) is 6.61 Å². The van der Waals surface area contributed by atoms with Crippen molar-refractivity contribution in [1.29, 1.82) is 0 Å². The lowest BCUT2D eigenvalue weighted by Gasteiger charge is -2.11. The molecule has 3 rings (SSSR count). The summed E-state index contributed by atoms with van der Waals surface area (Å²) < 4.78 is 5.66. The van der Waals surface area contributed by atoms with Crippen LogP contribution in [0.4, 0.5) is 0 Å². The van der Waals surface area contributed by atoms with E-state index in [9.17, 15) is 0 Å². The molecule has 2 aliphatic carbocycles. The van der Waals surface area contributed by atoms with Crippen molar-refractivity contribution in [3.8, 4) is 0 Å². The first-order valence-corrected chi connectivity index (χ1v) is 5.06. The van der Waals surface area contributed by atoms with E-state index in [1.54, 1.807) is 0 Å². The number of hydrogen-bond donors (Lipinski definition) is 0. The average Bonchev–Trinajstić information content (AvgIpc) is 2.62. The van der Waals surface area contributed by atoms with Crippen LogP contribution < -0.4 is 0 Å². The highest BCUT2D eigenvalue weighted by molar-refractivity contribution is 5.42. The lowest BCUT2D eigenvalue weighted by Crippen LogP contribution is -2.09. The van der Waals surface area contributed by atoms with Crippen molar-refractivity contribution in [1.82, 2.24) is 0 Å². The molecule has 3 aliphatic rings. The summed E-state index contributed by atoms with van der Waals surface area (Å²) >= 11 is 0. The second-order valence-corrected chi connectivity index (χ2v) is 4.31. The van der Waals surface area contributed by atoms with Gasteiger partial charge in [0.15, 0.2) is 0 Å². The Kier molecular flexibility index (Phi) is 1.43. The molecule has 1 saturated heterocycles. The molecule has 0 N–H and O–H groups in total. The second kappa shape index (κ2) is 2.50. The molecule has 1 nitrogen and oxygen atoms in total. The van der Waals surface area contributed by atoms with Crippen molar-refractivity contribution >= 4 is 0 Å². The van der Waals surface area contributed by atoms with Gasteiger partial charge in [0.2, 0.25) is 0 Å². The fraction of sp³-hybridized carbons (Fsp3) is 0.500. The van der Waals surface area contributed by atoms with E-state index in [0.717, 1.165) is 12.5 Å². The first kappa shape index (κ1) is 7.43. The van der Waals surface area contributed by atoms with Crippen LogP contribution in [0.3, 0.4) is 0 Å². The van der Waals surface area contributed by atoms with E-state index in [1.807, 2.05) is 0 Å². The Morgan fingerprint density at radius 1 is 1.38 bits per heavy atom. The van der Waals surface area contributed by atoms with Gasteiger partial charge in [0.1, 0.15) is 5.76 Å². The maximum absolute atomic E-state index is 5.66. The smallest absolute Gasteiger partial charge is 0.104 e. The van der Waals surface area contributed by atoms with E-state index >= 15 is 0 Å². The van der Waals surface area contributed by atoms with Crippen LogP contribution in [0, 0.1) is 11.8 Å². The molecule has 0 radical (unpaired) electrons. The fourth-order valence-corrected chi connectivity index (χ4v) is 2.65. The maximum atomic E-state index is 5.66. The molecule has 0 saturated carbocycles. The van der Waals surface area contributed by atoms with E-state index < -0.39 is 0 Å². The fourth-order valence-electron chi connectivity index (χ4n) is 2.65. The molecule has 13 heavy (non-hydrogen) atoms. The lowest BCUT2D eigenvalue weighted by molar-refractivity contribution is 0.237. The summed E-state index contributed by atoms with van der Waals surface area (Å²) in [6, 6.07) is 0. The van der Waals surface area contributed by atoms with Crippen molar-refractivity contribution in [3.05, 3.63) is 35.1 Å². The van der Waals surface area contributed by atoms with E-state index in [-0.39, 0.29) is 0 Å². The molecule has 0 bridgehead atoms. The van der Waals surface area contributed by atoms with Gasteiger partial charge in [-0.25, -0.2) is 0 Å². The summed E-state index contributed by atoms with van der Waals surface area (Å²) in [4.78, 5) is 0. The number of rotatable bonds is 0. The zero-order chi connectivity index (χ0) is 8.84. The van der Waals surface area contributed by atoms with Gasteiger partial charge in [-0.2, -0.15) is 0 Å². The Labute approximate surface area is 78.8 Å². The Balaban J connectivity index is 2.03. The Hall–Kier alpha value is -0.980. The monoisotopic (exact) mass is 174 g/mol. The quantitative estimate of drug-likeness (QED) is 0.548. The molecule has 1 fully saturated rings. The van der Waals surface area contributed by atoms with Gasteiger partial charge in [0.05, 0.1) is 6.61 Å². The van der Waals surface area contributed by atoms with Gasteiger partial charge in [-0.05, 0) is 31.4 Å². The summed E-state index contributed by atoms with van der Waals surface area (Å²) in [7, 11) is 0. The van der Waals surface area contributed by atoms with Crippen LogP contribution in [0.2, 0.25) is 0 Å². The third-order valence-electron chi connectivity index (χ3n) is 3.36. The number of ether oxygens (including phenoxy) is 1. The topological polar surface area (TPSA) is 9.23 Å². The molecule has 0 spiro atoms. The highest BCUT2D eigenvalue weighted by Gasteiger charge is 2.38. The normalized spacial score (nSPS) is 35.6. The first-order valence-electron chi connectivity index (χ1n) is 5.06. The van der Waals surface area contributed by atoms with Gasteiger partial charge in [-0.1, -0.05) is 17.7 Å². The van der Waals surface area contributed by atoms with Crippen LogP contribution in [-0.4, -0.2) is 6.61 Å². The Bertz CT molecular complexity index is 333. The van der Waals surface area contributed by atoms with E-state index in [1.165, 1.54) is 29.7 Å². The van der Waals surface area contributed by atoms with Gasteiger partial charge >= 0.3 is 0 Å². The minimum Gasteiger partial charge on any atom is -0.497 e. The zero-order valence-corrected chi connectivity index (χ0v) is 7.92. The Morgan fingerprint density at radius 3 is 3.23 bits per heavy atom. The first-order chi connectivity index (χ1) is 6.34. The van der Waals surface area contributed by atoms with Gasteiger partial charge in [-0.15, -0.1) is 0 Å². The predicted octanol–water partition coefficient (Wildman–Crippen LogP) is 2.81. The Morgan fingerprint density at radius 2 is 2.31 bits per heavy atom.